The molecule has 0 saturated carbocycles. The van der Waals surface area contributed by atoms with Crippen molar-refractivity contribution in [1.29, 1.82) is 0 Å². The number of hydrogen-bond donors (Lipinski definition) is 0. The minimum absolute atomic E-state index is 0.199. The maximum Gasteiger partial charge on any atom is 0.443 e. The van der Waals surface area contributed by atoms with Crippen LogP contribution in [0.5, 0.6) is 5.75 Å². The van der Waals surface area contributed by atoms with Crippen LogP contribution in [0.4, 0.5) is 13.2 Å². The number of ketones is 1. The van der Waals surface area contributed by atoms with Crippen LogP contribution >= 0.6 is 27.7 Å². The smallest absolute Gasteiger partial charge is 0.443 e. The molecule has 1 atom stereocenters. The van der Waals surface area contributed by atoms with Crippen LogP contribution in [0.3, 0.4) is 0 Å². The van der Waals surface area contributed by atoms with Gasteiger partial charge in [0.05, 0.1) is 7.11 Å². The van der Waals surface area contributed by atoms with E-state index in [-0.39, 0.29) is 5.56 Å². The van der Waals surface area contributed by atoms with Gasteiger partial charge in [-0.05, 0) is 36.0 Å². The molecular formula is C10H8BrF3O2S. The summed E-state index contributed by atoms with van der Waals surface area (Å²) >= 11 is 2.32. The standard InChI is InChI=1S/C10H8BrF3O2S/c1-16-7-4-2-6(3-5-7)8(15)9(11)17-10(12,13)14/h2-5,9H,1H3. The van der Waals surface area contributed by atoms with E-state index in [0.29, 0.717) is 5.75 Å². The van der Waals surface area contributed by atoms with Gasteiger partial charge >= 0.3 is 5.51 Å². The van der Waals surface area contributed by atoms with Crippen molar-refractivity contribution in [3.05, 3.63) is 29.8 Å². The molecular weight excluding hydrogens is 321 g/mol. The Bertz CT molecular complexity index is 392. The van der Waals surface area contributed by atoms with Gasteiger partial charge in [0.1, 0.15) is 9.91 Å². The largest absolute Gasteiger partial charge is 0.497 e. The van der Waals surface area contributed by atoms with Crippen molar-refractivity contribution in [3.63, 3.8) is 0 Å². The third kappa shape index (κ3) is 4.59. The summed E-state index contributed by atoms with van der Waals surface area (Å²) in [6.45, 7) is 0. The first-order valence-electron chi connectivity index (χ1n) is 4.40. The second kappa shape index (κ2) is 5.77. The molecule has 2 nitrogen and oxygen atoms in total. The van der Waals surface area contributed by atoms with Gasteiger partial charge in [0, 0.05) is 5.56 Å². The van der Waals surface area contributed by atoms with Crippen LogP contribution in [-0.4, -0.2) is 22.6 Å². The lowest BCUT2D eigenvalue weighted by atomic mass is 10.1. The second-order valence-electron chi connectivity index (χ2n) is 2.97. The van der Waals surface area contributed by atoms with E-state index in [1.54, 1.807) is 0 Å². The van der Waals surface area contributed by atoms with E-state index < -0.39 is 27.2 Å². The van der Waals surface area contributed by atoms with Crippen molar-refractivity contribution in [3.8, 4) is 5.75 Å². The quantitative estimate of drug-likeness (QED) is 0.620. The molecule has 0 spiro atoms. The molecule has 0 saturated heterocycles. The zero-order valence-corrected chi connectivity index (χ0v) is 11.0. The monoisotopic (exact) mass is 328 g/mol. The average Bonchev–Trinajstić information content (AvgIpc) is 2.26. The number of methoxy groups -OCH3 is 1. The summed E-state index contributed by atoms with van der Waals surface area (Å²) in [5.41, 5.74) is -4.25. The minimum atomic E-state index is -4.45. The Morgan fingerprint density at radius 3 is 2.29 bits per heavy atom. The molecule has 1 rings (SSSR count). The van der Waals surface area contributed by atoms with E-state index in [9.17, 15) is 18.0 Å². The number of alkyl halides is 4. The molecule has 0 N–H and O–H groups in total. The molecule has 1 aromatic rings. The minimum Gasteiger partial charge on any atom is -0.497 e. The van der Waals surface area contributed by atoms with E-state index in [2.05, 4.69) is 15.9 Å². The molecule has 0 aromatic heterocycles. The summed E-state index contributed by atoms with van der Waals surface area (Å²) in [4.78, 5) is 11.6. The Labute approximate surface area is 109 Å². The molecule has 1 unspecified atom stereocenters. The van der Waals surface area contributed by atoms with Gasteiger partial charge in [-0.25, -0.2) is 0 Å². The zero-order chi connectivity index (χ0) is 13.1. The Balaban J connectivity index is 2.75. The van der Waals surface area contributed by atoms with Crippen molar-refractivity contribution >= 4 is 33.5 Å². The summed E-state index contributed by atoms with van der Waals surface area (Å²) in [6.07, 6.45) is 0. The Morgan fingerprint density at radius 2 is 1.88 bits per heavy atom. The summed E-state index contributed by atoms with van der Waals surface area (Å²) in [5, 5.41) is 0. The van der Waals surface area contributed by atoms with Gasteiger partial charge in [-0.3, -0.25) is 4.79 Å². The third-order valence-electron chi connectivity index (χ3n) is 1.82. The molecule has 1 aromatic carbocycles. The summed E-state index contributed by atoms with van der Waals surface area (Å²) in [6, 6.07) is 5.88. The molecule has 17 heavy (non-hydrogen) atoms. The third-order valence-corrected chi connectivity index (χ3v) is 3.48. The summed E-state index contributed by atoms with van der Waals surface area (Å²) in [5.74, 6) is -0.0916. The number of thioether (sulfide) groups is 1. The number of rotatable bonds is 4. The number of halogens is 4. The van der Waals surface area contributed by atoms with E-state index in [1.807, 2.05) is 0 Å². The van der Waals surface area contributed by atoms with Crippen LogP contribution in [0.2, 0.25) is 0 Å². The molecule has 0 aliphatic carbocycles. The zero-order valence-electron chi connectivity index (χ0n) is 8.62. The highest BCUT2D eigenvalue weighted by Gasteiger charge is 2.35. The number of carbonyl (C=O) groups is 1. The van der Waals surface area contributed by atoms with Crippen LogP contribution in [0.25, 0.3) is 0 Å². The second-order valence-corrected chi connectivity index (χ2v) is 5.66. The van der Waals surface area contributed by atoms with Gasteiger partial charge in [0.2, 0.25) is 0 Å². The summed E-state index contributed by atoms with van der Waals surface area (Å²) in [7, 11) is 1.46. The van der Waals surface area contributed by atoms with Crippen LogP contribution in [-0.2, 0) is 0 Å². The molecule has 0 radical (unpaired) electrons. The molecule has 0 aliphatic rings. The van der Waals surface area contributed by atoms with Crippen LogP contribution in [0.1, 0.15) is 10.4 Å². The maximum absolute atomic E-state index is 12.1. The number of Topliss-reactive ketones (excluding diaryl/α,β-unsaturated/α-hetero) is 1. The van der Waals surface area contributed by atoms with E-state index >= 15 is 0 Å². The van der Waals surface area contributed by atoms with Crippen molar-refractivity contribution in [1.82, 2.24) is 0 Å². The average molecular weight is 329 g/mol. The highest BCUT2D eigenvalue weighted by Crippen LogP contribution is 2.37. The van der Waals surface area contributed by atoms with Crippen LogP contribution < -0.4 is 4.74 Å². The number of carbonyl (C=O) groups excluding carboxylic acids is 1. The predicted octanol–water partition coefficient (Wildman–Crippen LogP) is 3.85. The molecule has 94 valence electrons. The van der Waals surface area contributed by atoms with E-state index in [0.717, 1.165) is 0 Å². The Morgan fingerprint density at radius 1 is 1.35 bits per heavy atom. The molecule has 7 heteroatoms. The number of ether oxygens (including phenoxy) is 1. The van der Waals surface area contributed by atoms with E-state index in [4.69, 9.17) is 4.74 Å². The van der Waals surface area contributed by atoms with Gasteiger partial charge in [0.25, 0.3) is 0 Å². The van der Waals surface area contributed by atoms with Crippen molar-refractivity contribution in [2.24, 2.45) is 0 Å². The molecule has 0 amide bonds. The normalized spacial score (nSPS) is 13.2. The van der Waals surface area contributed by atoms with Crippen molar-refractivity contribution in [2.75, 3.05) is 7.11 Å². The van der Waals surface area contributed by atoms with E-state index in [1.165, 1.54) is 31.4 Å². The number of benzene rings is 1. The Hall–Kier alpha value is -0.690. The summed E-state index contributed by atoms with van der Waals surface area (Å²) < 4.78 is 39.7. The highest BCUT2D eigenvalue weighted by atomic mass is 79.9. The SMILES string of the molecule is COc1ccc(C(=O)C(Br)SC(F)(F)F)cc1. The molecule has 0 fully saturated rings. The fraction of sp³-hybridized carbons (Fsp3) is 0.300. The molecule has 0 aliphatic heterocycles. The predicted molar refractivity (Wildman–Crippen MR) is 63.7 cm³/mol. The first kappa shape index (κ1) is 14.4. The van der Waals surface area contributed by atoms with Gasteiger partial charge in [-0.1, -0.05) is 15.9 Å². The first-order valence-corrected chi connectivity index (χ1v) is 6.20. The maximum atomic E-state index is 12.1. The fourth-order valence-corrected chi connectivity index (χ4v) is 2.44. The molecule has 0 bridgehead atoms. The van der Waals surface area contributed by atoms with Crippen molar-refractivity contribution in [2.45, 2.75) is 9.67 Å². The molecule has 0 heterocycles. The first-order chi connectivity index (χ1) is 7.83. The van der Waals surface area contributed by atoms with Crippen molar-refractivity contribution < 1.29 is 22.7 Å². The van der Waals surface area contributed by atoms with Crippen LogP contribution in [0, 0.1) is 0 Å². The topological polar surface area (TPSA) is 26.3 Å². The van der Waals surface area contributed by atoms with Gasteiger partial charge < -0.3 is 4.74 Å². The number of hydrogen-bond acceptors (Lipinski definition) is 3. The lowest BCUT2D eigenvalue weighted by Crippen LogP contribution is -2.16. The van der Waals surface area contributed by atoms with Gasteiger partial charge in [0.15, 0.2) is 5.78 Å². The Kier molecular flexibility index (Phi) is 4.88. The lowest BCUT2D eigenvalue weighted by molar-refractivity contribution is -0.0328. The fourth-order valence-electron chi connectivity index (χ4n) is 1.06. The van der Waals surface area contributed by atoms with Crippen LogP contribution in [0.15, 0.2) is 24.3 Å². The van der Waals surface area contributed by atoms with Gasteiger partial charge in [-0.2, -0.15) is 13.2 Å². The van der Waals surface area contributed by atoms with Gasteiger partial charge in [-0.15, -0.1) is 0 Å². The lowest BCUT2D eigenvalue weighted by Gasteiger charge is -2.11. The highest BCUT2D eigenvalue weighted by molar-refractivity contribution is 9.11.